The number of nitrogens with zero attached hydrogens (tertiary/aromatic N) is 2. The van der Waals surface area contributed by atoms with E-state index in [9.17, 15) is 4.39 Å². The topological polar surface area (TPSA) is 56.5 Å². The zero-order valence-electron chi connectivity index (χ0n) is 9.22. The van der Waals surface area contributed by atoms with Gasteiger partial charge in [-0.25, -0.2) is 4.39 Å². The van der Waals surface area contributed by atoms with E-state index in [0.29, 0.717) is 16.2 Å². The van der Waals surface area contributed by atoms with Crippen molar-refractivity contribution in [2.75, 3.05) is 6.86 Å². The molecule has 0 unspecified atom stereocenters. The van der Waals surface area contributed by atoms with Gasteiger partial charge in [-0.2, -0.15) is 0 Å². The largest absolute Gasteiger partial charge is 0.471 e. The summed E-state index contributed by atoms with van der Waals surface area (Å²) in [6.07, 6.45) is 1.34. The quantitative estimate of drug-likeness (QED) is 0.862. The van der Waals surface area contributed by atoms with Gasteiger partial charge in [0.25, 0.3) is 0 Å². The monoisotopic (exact) mass is 316 g/mol. The fourth-order valence-corrected chi connectivity index (χ4v) is 1.86. The van der Waals surface area contributed by atoms with Crippen molar-refractivity contribution < 1.29 is 19.1 Å². The third-order valence-electron chi connectivity index (χ3n) is 2.20. The molecule has 0 saturated heterocycles. The van der Waals surface area contributed by atoms with Gasteiger partial charge in [-0.05, 0) is 12.1 Å². The van der Waals surface area contributed by atoms with Crippen LogP contribution in [0.4, 0.5) is 4.39 Å². The first-order chi connectivity index (χ1) is 8.70. The molecule has 0 atom stereocenters. The smallest absolute Gasteiger partial charge is 0.236 e. The molecule has 0 aliphatic heterocycles. The molecule has 0 aliphatic rings. The molecule has 1 aromatic heterocycles. The van der Waals surface area contributed by atoms with Gasteiger partial charge >= 0.3 is 0 Å². The molecule has 0 bridgehead atoms. The first-order valence-electron chi connectivity index (χ1n) is 5.04. The Kier molecular flexibility index (Phi) is 4.03. The highest BCUT2D eigenvalue weighted by atomic mass is 79.9. The average molecular weight is 317 g/mol. The lowest BCUT2D eigenvalue weighted by atomic mass is 10.2. The van der Waals surface area contributed by atoms with Crippen molar-refractivity contribution in [3.8, 4) is 11.6 Å². The standard InChI is InChI=1S/C11H10BrFN2O3/c12-9-2-1-3-10(18-7-13)8(9)6-17-11-4-5-15(16)14-11/h1-5,16H,6-7H2. The van der Waals surface area contributed by atoms with Crippen LogP contribution in [0, 0.1) is 0 Å². The van der Waals surface area contributed by atoms with E-state index in [2.05, 4.69) is 21.0 Å². The van der Waals surface area contributed by atoms with Crippen molar-refractivity contribution in [3.63, 3.8) is 0 Å². The molecule has 0 saturated carbocycles. The third-order valence-corrected chi connectivity index (χ3v) is 2.94. The van der Waals surface area contributed by atoms with Crippen molar-refractivity contribution >= 4 is 15.9 Å². The molecular weight excluding hydrogens is 307 g/mol. The van der Waals surface area contributed by atoms with E-state index in [1.807, 2.05) is 0 Å². The fraction of sp³-hybridized carbons (Fsp3) is 0.182. The van der Waals surface area contributed by atoms with E-state index in [1.165, 1.54) is 12.3 Å². The van der Waals surface area contributed by atoms with Crippen LogP contribution in [0.1, 0.15) is 5.56 Å². The van der Waals surface area contributed by atoms with Crippen LogP contribution in [0.3, 0.4) is 0 Å². The Morgan fingerprint density at radius 2 is 2.17 bits per heavy atom. The van der Waals surface area contributed by atoms with E-state index < -0.39 is 6.86 Å². The number of alkyl halides is 1. The van der Waals surface area contributed by atoms with Crippen LogP contribution in [0.5, 0.6) is 11.6 Å². The molecule has 1 aromatic carbocycles. The number of halogens is 2. The Bertz CT molecular complexity index is 533. The van der Waals surface area contributed by atoms with Gasteiger partial charge in [-0.15, -0.1) is 4.85 Å². The van der Waals surface area contributed by atoms with Crippen LogP contribution in [-0.4, -0.2) is 22.0 Å². The average Bonchev–Trinajstić information content (AvgIpc) is 2.75. The molecular formula is C11H10BrFN2O3. The molecule has 0 fully saturated rings. The summed E-state index contributed by atoms with van der Waals surface area (Å²) in [5, 5.41) is 12.6. The molecule has 96 valence electrons. The van der Waals surface area contributed by atoms with Crippen LogP contribution in [0.15, 0.2) is 34.9 Å². The second kappa shape index (κ2) is 5.72. The molecule has 18 heavy (non-hydrogen) atoms. The molecule has 7 heteroatoms. The number of hydrogen-bond donors (Lipinski definition) is 1. The molecule has 0 spiro atoms. The first-order valence-corrected chi connectivity index (χ1v) is 5.84. The zero-order valence-corrected chi connectivity index (χ0v) is 10.8. The highest BCUT2D eigenvalue weighted by Crippen LogP contribution is 2.28. The number of benzene rings is 1. The first kappa shape index (κ1) is 12.7. The fourth-order valence-electron chi connectivity index (χ4n) is 1.39. The van der Waals surface area contributed by atoms with Gasteiger partial charge < -0.3 is 14.7 Å². The lowest BCUT2D eigenvalue weighted by Gasteiger charge is -2.11. The summed E-state index contributed by atoms with van der Waals surface area (Å²) in [6.45, 7) is -0.761. The Balaban J connectivity index is 2.12. The van der Waals surface area contributed by atoms with Crippen LogP contribution < -0.4 is 9.47 Å². The van der Waals surface area contributed by atoms with Gasteiger partial charge in [0.1, 0.15) is 12.4 Å². The maximum absolute atomic E-state index is 12.2. The predicted molar refractivity (Wildman–Crippen MR) is 64.5 cm³/mol. The van der Waals surface area contributed by atoms with Crippen LogP contribution in [0.25, 0.3) is 0 Å². The second-order valence-corrected chi connectivity index (χ2v) is 4.19. The highest BCUT2D eigenvalue weighted by Gasteiger charge is 2.10. The zero-order chi connectivity index (χ0) is 13.0. The Morgan fingerprint density at radius 3 is 2.83 bits per heavy atom. The molecule has 1 N–H and O–H groups in total. The van der Waals surface area contributed by atoms with Crippen LogP contribution in [-0.2, 0) is 6.61 Å². The minimum absolute atomic E-state index is 0.147. The van der Waals surface area contributed by atoms with Gasteiger partial charge in [0, 0.05) is 16.1 Å². The molecule has 0 radical (unpaired) electrons. The van der Waals surface area contributed by atoms with E-state index >= 15 is 0 Å². The number of ether oxygens (including phenoxy) is 2. The molecule has 1 heterocycles. The summed E-state index contributed by atoms with van der Waals surface area (Å²) >= 11 is 3.34. The Labute approximate surface area is 111 Å². The second-order valence-electron chi connectivity index (χ2n) is 3.33. The Hall–Kier alpha value is -1.76. The summed E-state index contributed by atoms with van der Waals surface area (Å²) in [6, 6.07) is 6.69. The van der Waals surface area contributed by atoms with Gasteiger partial charge in [0.05, 0.1) is 6.20 Å². The van der Waals surface area contributed by atoms with E-state index in [0.717, 1.165) is 4.47 Å². The highest BCUT2D eigenvalue weighted by molar-refractivity contribution is 9.10. The van der Waals surface area contributed by atoms with E-state index in [4.69, 9.17) is 14.7 Å². The number of rotatable bonds is 5. The molecule has 0 amide bonds. The maximum Gasteiger partial charge on any atom is 0.236 e. The van der Waals surface area contributed by atoms with Crippen molar-refractivity contribution in [2.45, 2.75) is 6.61 Å². The molecule has 2 rings (SSSR count). The summed E-state index contributed by atoms with van der Waals surface area (Å²) in [5.41, 5.74) is 0.669. The molecule has 5 nitrogen and oxygen atoms in total. The number of aromatic nitrogens is 2. The van der Waals surface area contributed by atoms with E-state index in [1.54, 1.807) is 18.2 Å². The molecule has 0 aliphatic carbocycles. The summed E-state index contributed by atoms with van der Waals surface area (Å²) < 4.78 is 23.2. The van der Waals surface area contributed by atoms with Gasteiger partial charge in [-0.1, -0.05) is 27.1 Å². The van der Waals surface area contributed by atoms with Crippen LogP contribution >= 0.6 is 15.9 Å². The van der Waals surface area contributed by atoms with Gasteiger partial charge in [-0.3, -0.25) is 0 Å². The summed E-state index contributed by atoms with van der Waals surface area (Å²) in [7, 11) is 0. The minimum atomic E-state index is -0.908. The lowest BCUT2D eigenvalue weighted by molar-refractivity contribution is 0.140. The summed E-state index contributed by atoms with van der Waals surface area (Å²) in [4.78, 5) is 0.647. The molecule has 2 aromatic rings. The van der Waals surface area contributed by atoms with Crippen molar-refractivity contribution in [2.24, 2.45) is 0 Å². The van der Waals surface area contributed by atoms with Crippen molar-refractivity contribution in [1.29, 1.82) is 0 Å². The van der Waals surface area contributed by atoms with Crippen LogP contribution in [0.2, 0.25) is 0 Å². The van der Waals surface area contributed by atoms with Crippen molar-refractivity contribution in [3.05, 3.63) is 40.5 Å². The van der Waals surface area contributed by atoms with Gasteiger partial charge in [0.15, 0.2) is 0 Å². The Morgan fingerprint density at radius 1 is 1.33 bits per heavy atom. The predicted octanol–water partition coefficient (Wildman–Crippen LogP) is 2.77. The summed E-state index contributed by atoms with van der Waals surface area (Å²) in [5.74, 6) is 0.662. The number of hydrogen-bond acceptors (Lipinski definition) is 4. The normalized spacial score (nSPS) is 10.3. The van der Waals surface area contributed by atoms with Gasteiger partial charge in [0.2, 0.25) is 12.7 Å². The minimum Gasteiger partial charge on any atom is -0.471 e. The SMILES string of the molecule is On1ccc(OCc2c(Br)cccc2OCF)n1. The lowest BCUT2D eigenvalue weighted by Crippen LogP contribution is -2.02. The van der Waals surface area contributed by atoms with E-state index in [-0.39, 0.29) is 12.5 Å². The third kappa shape index (κ3) is 2.92. The maximum atomic E-state index is 12.2. The van der Waals surface area contributed by atoms with Crippen molar-refractivity contribution in [1.82, 2.24) is 9.94 Å².